The van der Waals surface area contributed by atoms with E-state index in [0.717, 1.165) is 45.5 Å². The van der Waals surface area contributed by atoms with Gasteiger partial charge in [-0.25, -0.2) is 0 Å². The maximum Gasteiger partial charge on any atom is 0.222 e. The normalized spacial score (nSPS) is 18.5. The lowest BCUT2D eigenvalue weighted by Gasteiger charge is -2.17. The van der Waals surface area contributed by atoms with Gasteiger partial charge in [-0.3, -0.25) is 4.79 Å². The second kappa shape index (κ2) is 6.80. The first-order valence-electron chi connectivity index (χ1n) is 5.74. The molecule has 0 saturated carbocycles. The zero-order valence-corrected chi connectivity index (χ0v) is 9.79. The summed E-state index contributed by atoms with van der Waals surface area (Å²) in [4.78, 5) is 13.3. The third-order valence-corrected chi connectivity index (χ3v) is 2.69. The zero-order chi connectivity index (χ0) is 11.1. The summed E-state index contributed by atoms with van der Waals surface area (Å²) < 4.78 is 5.02. The fourth-order valence-electron chi connectivity index (χ4n) is 1.87. The molecule has 0 radical (unpaired) electrons. The van der Waals surface area contributed by atoms with Crippen molar-refractivity contribution in [1.29, 1.82) is 0 Å². The van der Waals surface area contributed by atoms with E-state index in [9.17, 15) is 4.79 Å². The Kier molecular flexibility index (Phi) is 5.65. The predicted octanol–water partition coefficient (Wildman–Crippen LogP) is 0.623. The van der Waals surface area contributed by atoms with E-state index >= 15 is 0 Å². The summed E-state index contributed by atoms with van der Waals surface area (Å²) in [6.07, 6.45) is 2.81. The number of likely N-dealkylation sites (tertiary alicyclic amines) is 1. The molecule has 4 nitrogen and oxygen atoms in total. The monoisotopic (exact) mass is 214 g/mol. The van der Waals surface area contributed by atoms with Crippen LogP contribution in [0.5, 0.6) is 0 Å². The average Bonchev–Trinajstić information content (AvgIpc) is 2.60. The van der Waals surface area contributed by atoms with E-state index in [4.69, 9.17) is 4.74 Å². The van der Waals surface area contributed by atoms with Gasteiger partial charge in [-0.15, -0.1) is 0 Å². The fourth-order valence-corrected chi connectivity index (χ4v) is 1.87. The maximum atomic E-state index is 11.3. The molecule has 1 saturated heterocycles. The van der Waals surface area contributed by atoms with Gasteiger partial charge in [-0.2, -0.15) is 0 Å². The number of hydrogen-bond acceptors (Lipinski definition) is 3. The number of nitrogens with zero attached hydrogens (tertiary/aromatic N) is 1. The lowest BCUT2D eigenvalue weighted by Crippen LogP contribution is -2.33. The molecule has 0 aliphatic carbocycles. The van der Waals surface area contributed by atoms with Crippen LogP contribution in [-0.4, -0.2) is 50.2 Å². The molecule has 4 heteroatoms. The number of carbonyl (C=O) groups is 1. The summed E-state index contributed by atoms with van der Waals surface area (Å²) in [7, 11) is 1.71. The van der Waals surface area contributed by atoms with E-state index in [1.807, 2.05) is 4.90 Å². The van der Waals surface area contributed by atoms with Gasteiger partial charge in [-0.1, -0.05) is 0 Å². The first kappa shape index (κ1) is 12.5. The Bertz CT molecular complexity index is 197. The molecular formula is C11H22N2O2. The Labute approximate surface area is 92.0 Å². The largest absolute Gasteiger partial charge is 0.383 e. The Hall–Kier alpha value is -0.610. The molecule has 0 aromatic heterocycles. The van der Waals surface area contributed by atoms with Gasteiger partial charge in [0.1, 0.15) is 0 Å². The number of ether oxygens (including phenoxy) is 1. The van der Waals surface area contributed by atoms with E-state index < -0.39 is 0 Å². The van der Waals surface area contributed by atoms with Crippen molar-refractivity contribution in [2.75, 3.05) is 33.4 Å². The van der Waals surface area contributed by atoms with Crippen LogP contribution in [0.4, 0.5) is 0 Å². The van der Waals surface area contributed by atoms with Crippen LogP contribution in [0, 0.1) is 0 Å². The highest BCUT2D eigenvalue weighted by Crippen LogP contribution is 2.09. The van der Waals surface area contributed by atoms with Gasteiger partial charge < -0.3 is 15.0 Å². The standard InChI is InChI=1S/C11H22N2O2/c1-10(9-15-2)12-6-4-8-13-7-3-5-11(13)14/h10,12H,3-9H2,1-2H3. The van der Waals surface area contributed by atoms with Crippen LogP contribution in [0.3, 0.4) is 0 Å². The van der Waals surface area contributed by atoms with Gasteiger partial charge in [0.25, 0.3) is 0 Å². The molecule has 1 unspecified atom stereocenters. The minimum absolute atomic E-state index is 0.319. The minimum atomic E-state index is 0.319. The summed E-state index contributed by atoms with van der Waals surface area (Å²) in [5.41, 5.74) is 0. The fraction of sp³-hybridized carbons (Fsp3) is 0.909. The van der Waals surface area contributed by atoms with Crippen LogP contribution < -0.4 is 5.32 Å². The van der Waals surface area contributed by atoms with E-state index in [0.29, 0.717) is 11.9 Å². The lowest BCUT2D eigenvalue weighted by molar-refractivity contribution is -0.127. The van der Waals surface area contributed by atoms with Gasteiger partial charge >= 0.3 is 0 Å². The number of carbonyl (C=O) groups excluding carboxylic acids is 1. The molecule has 88 valence electrons. The highest BCUT2D eigenvalue weighted by molar-refractivity contribution is 5.77. The zero-order valence-electron chi connectivity index (χ0n) is 9.79. The molecule has 1 N–H and O–H groups in total. The molecule has 1 rings (SSSR count). The van der Waals surface area contributed by atoms with Gasteiger partial charge in [0.15, 0.2) is 0 Å². The first-order chi connectivity index (χ1) is 7.24. The van der Waals surface area contributed by atoms with Crippen LogP contribution in [0.2, 0.25) is 0 Å². The van der Waals surface area contributed by atoms with E-state index in [2.05, 4.69) is 12.2 Å². The molecule has 0 aromatic rings. The number of nitrogens with one attached hydrogen (secondary N) is 1. The Morgan fingerprint density at radius 1 is 1.60 bits per heavy atom. The molecule has 1 aliphatic rings. The van der Waals surface area contributed by atoms with Crippen molar-refractivity contribution in [2.45, 2.75) is 32.2 Å². The van der Waals surface area contributed by atoms with Crippen molar-refractivity contribution in [3.8, 4) is 0 Å². The van der Waals surface area contributed by atoms with Gasteiger partial charge in [0.05, 0.1) is 6.61 Å². The molecule has 1 heterocycles. The summed E-state index contributed by atoms with van der Waals surface area (Å²) in [6, 6.07) is 0.393. The van der Waals surface area contributed by atoms with Gasteiger partial charge in [0, 0.05) is 32.7 Å². The van der Waals surface area contributed by atoms with Gasteiger partial charge in [0.2, 0.25) is 5.91 Å². The Morgan fingerprint density at radius 2 is 2.40 bits per heavy atom. The van der Waals surface area contributed by atoms with Crippen molar-refractivity contribution >= 4 is 5.91 Å². The third kappa shape index (κ3) is 4.62. The van der Waals surface area contributed by atoms with Crippen molar-refractivity contribution < 1.29 is 9.53 Å². The molecule has 0 spiro atoms. The Balaban J connectivity index is 1.99. The first-order valence-corrected chi connectivity index (χ1v) is 5.74. The average molecular weight is 214 g/mol. The second-order valence-corrected chi connectivity index (χ2v) is 4.15. The molecule has 1 amide bonds. The number of methoxy groups -OCH3 is 1. The predicted molar refractivity (Wildman–Crippen MR) is 59.8 cm³/mol. The minimum Gasteiger partial charge on any atom is -0.383 e. The van der Waals surface area contributed by atoms with E-state index in [1.54, 1.807) is 7.11 Å². The summed E-state index contributed by atoms with van der Waals surface area (Å²) in [5.74, 6) is 0.319. The molecule has 1 fully saturated rings. The summed E-state index contributed by atoms with van der Waals surface area (Å²) in [6.45, 7) is 5.64. The molecular weight excluding hydrogens is 192 g/mol. The number of amides is 1. The molecule has 15 heavy (non-hydrogen) atoms. The van der Waals surface area contributed by atoms with E-state index in [1.165, 1.54) is 0 Å². The molecule has 1 aliphatic heterocycles. The van der Waals surface area contributed by atoms with Crippen molar-refractivity contribution in [2.24, 2.45) is 0 Å². The van der Waals surface area contributed by atoms with Crippen LogP contribution in [0.15, 0.2) is 0 Å². The quantitative estimate of drug-likeness (QED) is 0.632. The van der Waals surface area contributed by atoms with Crippen molar-refractivity contribution in [3.63, 3.8) is 0 Å². The summed E-state index contributed by atoms with van der Waals surface area (Å²) >= 11 is 0. The maximum absolute atomic E-state index is 11.3. The van der Waals surface area contributed by atoms with Gasteiger partial charge in [-0.05, 0) is 26.3 Å². The highest BCUT2D eigenvalue weighted by atomic mass is 16.5. The van der Waals surface area contributed by atoms with Crippen LogP contribution in [0.1, 0.15) is 26.2 Å². The topological polar surface area (TPSA) is 41.6 Å². The third-order valence-electron chi connectivity index (χ3n) is 2.69. The van der Waals surface area contributed by atoms with Crippen LogP contribution >= 0.6 is 0 Å². The molecule has 0 aromatic carbocycles. The lowest BCUT2D eigenvalue weighted by atomic mass is 10.3. The van der Waals surface area contributed by atoms with Crippen LogP contribution in [0.25, 0.3) is 0 Å². The highest BCUT2D eigenvalue weighted by Gasteiger charge is 2.18. The van der Waals surface area contributed by atoms with Crippen molar-refractivity contribution in [1.82, 2.24) is 10.2 Å². The Morgan fingerprint density at radius 3 is 3.00 bits per heavy atom. The second-order valence-electron chi connectivity index (χ2n) is 4.15. The van der Waals surface area contributed by atoms with Crippen LogP contribution in [-0.2, 0) is 9.53 Å². The smallest absolute Gasteiger partial charge is 0.222 e. The van der Waals surface area contributed by atoms with Crippen molar-refractivity contribution in [3.05, 3.63) is 0 Å². The molecule has 0 bridgehead atoms. The summed E-state index contributed by atoms with van der Waals surface area (Å²) in [5, 5.41) is 3.36. The molecule has 1 atom stereocenters. The SMILES string of the molecule is COCC(C)NCCCN1CCCC1=O. The van der Waals surface area contributed by atoms with E-state index in [-0.39, 0.29) is 0 Å². The number of rotatable bonds is 7. The number of hydrogen-bond donors (Lipinski definition) is 1.